The van der Waals surface area contributed by atoms with Crippen LogP contribution in [0.5, 0.6) is 0 Å². The van der Waals surface area contributed by atoms with Crippen LogP contribution in [-0.2, 0) is 10.5 Å². The molecular formula is C19H20OS. The van der Waals surface area contributed by atoms with Crippen molar-refractivity contribution in [1.29, 1.82) is 0 Å². The predicted octanol–water partition coefficient (Wildman–Crippen LogP) is 5.20. The summed E-state index contributed by atoms with van der Waals surface area (Å²) in [6.45, 7) is 1.59. The maximum Gasteiger partial charge on any atom is 0.152 e. The lowest BCUT2D eigenvalue weighted by Crippen LogP contribution is -1.94. The molecule has 1 atom stereocenters. The predicted molar refractivity (Wildman–Crippen MR) is 91.4 cm³/mol. The Kier molecular flexibility index (Phi) is 6.29. The molecule has 0 N–H and O–H groups in total. The summed E-state index contributed by atoms with van der Waals surface area (Å²) in [5, 5.41) is 0.377. The molecule has 2 aromatic carbocycles. The summed E-state index contributed by atoms with van der Waals surface area (Å²) >= 11 is 1.92. The summed E-state index contributed by atoms with van der Waals surface area (Å²) < 4.78 is 0. The number of rotatable bonds is 7. The fraction of sp³-hybridized carbons (Fsp3) is 0.211. The molecule has 0 aliphatic carbocycles. The van der Waals surface area contributed by atoms with Crippen molar-refractivity contribution in [3.8, 4) is 0 Å². The lowest BCUT2D eigenvalue weighted by atomic mass is 10.1. The van der Waals surface area contributed by atoms with Crippen LogP contribution in [0.3, 0.4) is 0 Å². The van der Waals surface area contributed by atoms with Crippen molar-refractivity contribution >= 4 is 17.5 Å². The molecule has 0 saturated carbocycles. The first-order valence-electron chi connectivity index (χ1n) is 7.13. The minimum Gasteiger partial charge on any atom is -0.295 e. The third-order valence-electron chi connectivity index (χ3n) is 3.17. The Morgan fingerprint density at radius 2 is 1.67 bits per heavy atom. The molecular weight excluding hydrogens is 276 g/mol. The highest BCUT2D eigenvalue weighted by Gasteiger charge is 2.10. The van der Waals surface area contributed by atoms with E-state index in [-0.39, 0.29) is 5.78 Å². The smallest absolute Gasteiger partial charge is 0.152 e. The van der Waals surface area contributed by atoms with Gasteiger partial charge in [-0.15, -0.1) is 11.8 Å². The van der Waals surface area contributed by atoms with E-state index in [1.54, 1.807) is 13.0 Å². The first-order chi connectivity index (χ1) is 10.3. The van der Waals surface area contributed by atoms with Crippen molar-refractivity contribution in [2.75, 3.05) is 0 Å². The molecule has 0 amide bonds. The lowest BCUT2D eigenvalue weighted by Gasteiger charge is -2.15. The van der Waals surface area contributed by atoms with E-state index in [9.17, 15) is 4.79 Å². The van der Waals surface area contributed by atoms with E-state index in [1.807, 2.05) is 30.0 Å². The van der Waals surface area contributed by atoms with Gasteiger partial charge < -0.3 is 0 Å². The number of ketones is 1. The van der Waals surface area contributed by atoms with Crippen LogP contribution in [0, 0.1) is 0 Å². The molecule has 0 heterocycles. The van der Waals surface area contributed by atoms with Gasteiger partial charge in [0, 0.05) is 11.0 Å². The second-order valence-electron chi connectivity index (χ2n) is 4.94. The Labute approximate surface area is 131 Å². The average molecular weight is 296 g/mol. The van der Waals surface area contributed by atoms with E-state index < -0.39 is 0 Å². The number of carbonyl (C=O) groups is 1. The normalized spacial score (nSPS) is 12.4. The molecule has 21 heavy (non-hydrogen) atoms. The van der Waals surface area contributed by atoms with Gasteiger partial charge in [-0.2, -0.15) is 0 Å². The Bertz CT molecular complexity index is 575. The summed E-state index contributed by atoms with van der Waals surface area (Å²) in [5.41, 5.74) is 2.64. The van der Waals surface area contributed by atoms with Crippen molar-refractivity contribution in [2.24, 2.45) is 0 Å². The highest BCUT2D eigenvalue weighted by Crippen LogP contribution is 2.34. The van der Waals surface area contributed by atoms with Crippen LogP contribution < -0.4 is 0 Å². The Hall–Kier alpha value is -1.80. The van der Waals surface area contributed by atoms with Crippen molar-refractivity contribution in [3.05, 3.63) is 83.9 Å². The molecule has 2 heteroatoms. The Morgan fingerprint density at radius 1 is 1.05 bits per heavy atom. The molecule has 1 nitrogen and oxygen atoms in total. The van der Waals surface area contributed by atoms with Gasteiger partial charge in [0.2, 0.25) is 0 Å². The zero-order valence-corrected chi connectivity index (χ0v) is 13.1. The number of thioether (sulfide) groups is 1. The Balaban J connectivity index is 2.03. The van der Waals surface area contributed by atoms with Crippen LogP contribution in [-0.4, -0.2) is 5.78 Å². The lowest BCUT2D eigenvalue weighted by molar-refractivity contribution is -0.112. The standard InChI is InChI=1S/C19H20OS/c1-16(20)9-8-14-19(18-12-6-3-7-13-18)21-15-17-10-4-2-5-11-17/h2-13,19H,14-15H2,1H3/b9-8+/t19-/m1/s1. The zero-order chi connectivity index (χ0) is 14.9. The molecule has 0 aliphatic rings. The van der Waals surface area contributed by atoms with Gasteiger partial charge in [-0.3, -0.25) is 4.79 Å². The number of hydrogen-bond donors (Lipinski definition) is 0. The van der Waals surface area contributed by atoms with Crippen molar-refractivity contribution in [3.63, 3.8) is 0 Å². The summed E-state index contributed by atoms with van der Waals surface area (Å²) in [5.74, 6) is 1.09. The van der Waals surface area contributed by atoms with Crippen LogP contribution in [0.4, 0.5) is 0 Å². The van der Waals surface area contributed by atoms with E-state index in [0.29, 0.717) is 5.25 Å². The van der Waals surface area contributed by atoms with Gasteiger partial charge in [0.25, 0.3) is 0 Å². The van der Waals surface area contributed by atoms with Gasteiger partial charge in [-0.25, -0.2) is 0 Å². The van der Waals surface area contributed by atoms with Gasteiger partial charge in [-0.05, 0) is 30.5 Å². The first kappa shape index (κ1) is 15.6. The third kappa shape index (κ3) is 5.60. The number of allylic oxidation sites excluding steroid dienone is 2. The Morgan fingerprint density at radius 3 is 2.29 bits per heavy atom. The van der Waals surface area contributed by atoms with Crippen molar-refractivity contribution < 1.29 is 4.79 Å². The maximum atomic E-state index is 11.0. The van der Waals surface area contributed by atoms with Gasteiger partial charge in [-0.1, -0.05) is 66.7 Å². The van der Waals surface area contributed by atoms with Crippen LogP contribution in [0.1, 0.15) is 29.7 Å². The number of hydrogen-bond acceptors (Lipinski definition) is 2. The van der Waals surface area contributed by atoms with Gasteiger partial charge >= 0.3 is 0 Å². The van der Waals surface area contributed by atoms with E-state index in [2.05, 4.69) is 48.5 Å². The molecule has 0 bridgehead atoms. The summed E-state index contributed by atoms with van der Waals surface area (Å²) in [6, 6.07) is 21.0. The van der Waals surface area contributed by atoms with Crippen LogP contribution in [0.2, 0.25) is 0 Å². The van der Waals surface area contributed by atoms with Gasteiger partial charge in [0.15, 0.2) is 5.78 Å². The molecule has 0 fully saturated rings. The fourth-order valence-electron chi connectivity index (χ4n) is 2.10. The third-order valence-corrected chi connectivity index (χ3v) is 4.54. The molecule has 2 aromatic rings. The molecule has 0 unspecified atom stereocenters. The molecule has 0 spiro atoms. The second kappa shape index (κ2) is 8.48. The quantitative estimate of drug-likeness (QED) is 0.653. The second-order valence-corrected chi connectivity index (χ2v) is 6.14. The van der Waals surface area contributed by atoms with E-state index >= 15 is 0 Å². The zero-order valence-electron chi connectivity index (χ0n) is 12.2. The van der Waals surface area contributed by atoms with E-state index in [1.165, 1.54) is 11.1 Å². The molecule has 2 rings (SSSR count). The van der Waals surface area contributed by atoms with Crippen LogP contribution >= 0.6 is 11.8 Å². The number of carbonyl (C=O) groups excluding carboxylic acids is 1. The molecule has 0 radical (unpaired) electrons. The number of benzene rings is 2. The summed E-state index contributed by atoms with van der Waals surface area (Å²) in [7, 11) is 0. The molecule has 0 saturated heterocycles. The summed E-state index contributed by atoms with van der Waals surface area (Å²) in [6.07, 6.45) is 4.53. The highest BCUT2D eigenvalue weighted by atomic mass is 32.2. The highest BCUT2D eigenvalue weighted by molar-refractivity contribution is 7.98. The molecule has 0 aromatic heterocycles. The minimum atomic E-state index is 0.106. The topological polar surface area (TPSA) is 17.1 Å². The van der Waals surface area contributed by atoms with Crippen LogP contribution in [0.25, 0.3) is 0 Å². The SMILES string of the molecule is CC(=O)/C=C/C[C@@H](SCc1ccccc1)c1ccccc1. The fourth-order valence-corrected chi connectivity index (χ4v) is 3.28. The molecule has 0 aliphatic heterocycles. The average Bonchev–Trinajstić information content (AvgIpc) is 2.52. The van der Waals surface area contributed by atoms with E-state index in [4.69, 9.17) is 0 Å². The van der Waals surface area contributed by atoms with Gasteiger partial charge in [0.05, 0.1) is 0 Å². The van der Waals surface area contributed by atoms with E-state index in [0.717, 1.165) is 12.2 Å². The van der Waals surface area contributed by atoms with Crippen molar-refractivity contribution in [1.82, 2.24) is 0 Å². The maximum absolute atomic E-state index is 11.0. The molecule has 108 valence electrons. The first-order valence-corrected chi connectivity index (χ1v) is 8.18. The van der Waals surface area contributed by atoms with Crippen LogP contribution in [0.15, 0.2) is 72.8 Å². The monoisotopic (exact) mass is 296 g/mol. The van der Waals surface area contributed by atoms with Gasteiger partial charge in [0.1, 0.15) is 0 Å². The van der Waals surface area contributed by atoms with Crippen molar-refractivity contribution in [2.45, 2.75) is 24.3 Å². The largest absolute Gasteiger partial charge is 0.295 e. The minimum absolute atomic E-state index is 0.106. The summed E-state index contributed by atoms with van der Waals surface area (Å²) in [4.78, 5) is 11.0.